The molecule has 0 radical (unpaired) electrons. The summed E-state index contributed by atoms with van der Waals surface area (Å²) in [7, 11) is -2.52. The molecular weight excluding hydrogens is 347 g/mol. The standard InChI is InChI=1S/C11H13Cl3N2O3S/c1-6-3-7(12)4-8(13)10(6)20(17,18)16-11(15)9(14)5-19-2/h3-4,9H,5H2,1-2H3,(H2,15,16)/p+1/t9-/m1/s1. The van der Waals surface area contributed by atoms with E-state index in [-0.39, 0.29) is 22.4 Å². The zero-order chi connectivity index (χ0) is 15.5. The Morgan fingerprint density at radius 3 is 2.55 bits per heavy atom. The topological polar surface area (TPSA) is 83.4 Å². The van der Waals surface area contributed by atoms with Crippen LogP contribution in [0.1, 0.15) is 5.56 Å². The molecule has 20 heavy (non-hydrogen) atoms. The lowest BCUT2D eigenvalue weighted by atomic mass is 10.2. The highest BCUT2D eigenvalue weighted by atomic mass is 35.5. The van der Waals surface area contributed by atoms with Crippen molar-refractivity contribution >= 4 is 50.7 Å². The Hall–Kier alpha value is -0.530. The normalized spacial score (nSPS) is 14.3. The predicted molar refractivity (Wildman–Crippen MR) is 80.1 cm³/mol. The van der Waals surface area contributed by atoms with E-state index in [0.717, 1.165) is 0 Å². The Kier molecular flexibility index (Phi) is 6.09. The van der Waals surface area contributed by atoms with Crippen LogP contribution >= 0.6 is 34.8 Å². The molecule has 1 atom stereocenters. The van der Waals surface area contributed by atoms with E-state index in [1.807, 2.05) is 0 Å². The number of hydrogen-bond acceptors (Lipinski definition) is 3. The van der Waals surface area contributed by atoms with Crippen molar-refractivity contribution in [3.05, 3.63) is 27.7 Å². The second-order valence-electron chi connectivity index (χ2n) is 4.02. The number of rotatable bonds is 5. The van der Waals surface area contributed by atoms with Crippen molar-refractivity contribution in [2.45, 2.75) is 17.2 Å². The van der Waals surface area contributed by atoms with Crippen LogP contribution in [0.25, 0.3) is 0 Å². The average molecular weight is 361 g/mol. The van der Waals surface area contributed by atoms with Crippen LogP contribution in [0.15, 0.2) is 17.0 Å². The Balaban J connectivity index is 3.28. The quantitative estimate of drug-likeness (QED) is 0.459. The SMILES string of the molecule is COC[C@@H](Cl)C(N)=[NH+]S(=O)(=O)c1c(C)cc(Cl)cc1Cl. The number of ether oxygens (including phenoxy) is 1. The van der Waals surface area contributed by atoms with Gasteiger partial charge in [-0.25, -0.2) is 0 Å². The molecule has 5 nitrogen and oxygen atoms in total. The zero-order valence-corrected chi connectivity index (χ0v) is 13.9. The molecule has 0 spiro atoms. The van der Waals surface area contributed by atoms with Crippen LogP contribution in [0.2, 0.25) is 10.0 Å². The summed E-state index contributed by atoms with van der Waals surface area (Å²) in [4.78, 5) is -0.0900. The van der Waals surface area contributed by atoms with Gasteiger partial charge in [-0.2, -0.15) is 12.8 Å². The lowest BCUT2D eigenvalue weighted by Crippen LogP contribution is -2.80. The van der Waals surface area contributed by atoms with Gasteiger partial charge in [0.15, 0.2) is 5.38 Å². The number of halogens is 3. The maximum Gasteiger partial charge on any atom is 0.330 e. The van der Waals surface area contributed by atoms with E-state index < -0.39 is 15.4 Å². The van der Waals surface area contributed by atoms with Gasteiger partial charge in [0.05, 0.1) is 11.6 Å². The molecule has 0 amide bonds. The largest absolute Gasteiger partial charge is 0.382 e. The van der Waals surface area contributed by atoms with Crippen LogP contribution in [0.3, 0.4) is 0 Å². The second kappa shape index (κ2) is 6.95. The fourth-order valence-corrected chi connectivity index (χ4v) is 4.03. The fraction of sp³-hybridized carbons (Fsp3) is 0.364. The Bertz CT molecular complexity index is 609. The number of hydrogen-bond donors (Lipinski definition) is 2. The monoisotopic (exact) mass is 359 g/mol. The third-order valence-corrected chi connectivity index (χ3v) is 4.94. The summed E-state index contributed by atoms with van der Waals surface area (Å²) >= 11 is 17.6. The highest BCUT2D eigenvalue weighted by Gasteiger charge is 2.25. The second-order valence-corrected chi connectivity index (χ2v) is 7.01. The summed E-state index contributed by atoms with van der Waals surface area (Å²) in [5.74, 6) is -0.140. The van der Waals surface area contributed by atoms with E-state index in [4.69, 9.17) is 45.3 Å². The minimum Gasteiger partial charge on any atom is -0.382 e. The molecule has 0 unspecified atom stereocenters. The van der Waals surface area contributed by atoms with Gasteiger partial charge in [0.1, 0.15) is 4.90 Å². The summed E-state index contributed by atoms with van der Waals surface area (Å²) in [5, 5.41) is -0.438. The third-order valence-electron chi connectivity index (χ3n) is 2.37. The number of amidine groups is 1. The van der Waals surface area contributed by atoms with Gasteiger partial charge in [0, 0.05) is 12.1 Å². The summed E-state index contributed by atoms with van der Waals surface area (Å²) in [6, 6.07) is 2.83. The lowest BCUT2D eigenvalue weighted by molar-refractivity contribution is -0.270. The van der Waals surface area contributed by atoms with Crippen molar-refractivity contribution in [3.63, 3.8) is 0 Å². The van der Waals surface area contributed by atoms with Crippen molar-refractivity contribution in [2.24, 2.45) is 5.73 Å². The smallest absolute Gasteiger partial charge is 0.330 e. The number of nitrogens with two attached hydrogens (primary N) is 1. The first kappa shape index (κ1) is 17.5. The van der Waals surface area contributed by atoms with E-state index in [1.54, 1.807) is 6.92 Å². The number of methoxy groups -OCH3 is 1. The zero-order valence-electron chi connectivity index (χ0n) is 10.8. The maximum atomic E-state index is 12.3. The molecule has 1 aromatic rings. The molecular formula is C11H14Cl3N2O3S+. The molecule has 1 aromatic carbocycles. The first-order valence-electron chi connectivity index (χ1n) is 5.42. The van der Waals surface area contributed by atoms with Crippen LogP contribution in [0.4, 0.5) is 0 Å². The first-order chi connectivity index (χ1) is 9.19. The van der Waals surface area contributed by atoms with Crippen molar-refractivity contribution in [1.82, 2.24) is 0 Å². The van der Waals surface area contributed by atoms with Crippen LogP contribution in [-0.2, 0) is 14.8 Å². The molecule has 0 heterocycles. The highest BCUT2D eigenvalue weighted by molar-refractivity contribution is 7.85. The molecule has 0 fully saturated rings. The Morgan fingerprint density at radius 2 is 2.05 bits per heavy atom. The van der Waals surface area contributed by atoms with Gasteiger partial charge in [0.25, 0.3) is 5.84 Å². The molecule has 0 saturated heterocycles. The van der Waals surface area contributed by atoms with Gasteiger partial charge < -0.3 is 4.74 Å². The van der Waals surface area contributed by atoms with Gasteiger partial charge in [-0.05, 0) is 24.6 Å². The minimum atomic E-state index is -3.94. The number of aryl methyl sites for hydroxylation is 1. The van der Waals surface area contributed by atoms with Gasteiger partial charge in [-0.15, -0.1) is 11.6 Å². The van der Waals surface area contributed by atoms with Gasteiger partial charge in [0.2, 0.25) is 0 Å². The molecule has 112 valence electrons. The third kappa shape index (κ3) is 4.23. The Labute approximate surface area is 132 Å². The summed E-state index contributed by atoms with van der Waals surface area (Å²) in [5.41, 5.74) is 6.01. The predicted octanol–water partition coefficient (Wildman–Crippen LogP) is 0.682. The van der Waals surface area contributed by atoms with Crippen molar-refractivity contribution in [3.8, 4) is 0 Å². The molecule has 0 aliphatic carbocycles. The molecule has 0 aromatic heterocycles. The summed E-state index contributed by atoms with van der Waals surface area (Å²) in [6.45, 7) is 1.65. The van der Waals surface area contributed by atoms with Crippen LogP contribution in [-0.4, -0.2) is 33.3 Å². The molecule has 0 bridgehead atoms. The summed E-state index contributed by atoms with van der Waals surface area (Å²) < 4.78 is 31.5. The molecule has 0 aliphatic heterocycles. The lowest BCUT2D eigenvalue weighted by Gasteiger charge is -2.07. The first-order valence-corrected chi connectivity index (χ1v) is 8.10. The van der Waals surface area contributed by atoms with Crippen LogP contribution < -0.4 is 10.1 Å². The van der Waals surface area contributed by atoms with E-state index in [1.165, 1.54) is 19.2 Å². The van der Waals surface area contributed by atoms with Gasteiger partial charge >= 0.3 is 10.0 Å². The average Bonchev–Trinajstić information content (AvgIpc) is 2.26. The molecule has 0 aliphatic rings. The van der Waals surface area contributed by atoms with Crippen molar-refractivity contribution in [2.75, 3.05) is 13.7 Å². The molecule has 1 rings (SSSR count). The fourth-order valence-electron chi connectivity index (χ4n) is 1.54. The van der Waals surface area contributed by atoms with Gasteiger partial charge in [-0.3, -0.25) is 5.73 Å². The summed E-state index contributed by atoms with van der Waals surface area (Å²) in [6.07, 6.45) is 0. The molecule has 9 heteroatoms. The number of nitrogens with one attached hydrogen (secondary N) is 1. The molecule has 3 N–H and O–H groups in total. The van der Waals surface area contributed by atoms with E-state index in [9.17, 15) is 8.42 Å². The van der Waals surface area contributed by atoms with E-state index >= 15 is 0 Å². The van der Waals surface area contributed by atoms with Gasteiger partial charge in [-0.1, -0.05) is 23.2 Å². The van der Waals surface area contributed by atoms with E-state index in [0.29, 0.717) is 10.6 Å². The number of alkyl halides is 1. The van der Waals surface area contributed by atoms with Crippen molar-refractivity contribution < 1.29 is 17.6 Å². The Morgan fingerprint density at radius 1 is 1.45 bits per heavy atom. The maximum absolute atomic E-state index is 12.3. The molecule has 0 saturated carbocycles. The van der Waals surface area contributed by atoms with Crippen molar-refractivity contribution in [1.29, 1.82) is 0 Å². The highest BCUT2D eigenvalue weighted by Crippen LogP contribution is 2.27. The number of benzene rings is 1. The van der Waals surface area contributed by atoms with Crippen LogP contribution in [0, 0.1) is 6.92 Å². The minimum absolute atomic E-state index is 0.00756. The van der Waals surface area contributed by atoms with E-state index in [2.05, 4.69) is 4.40 Å². The van der Waals surface area contributed by atoms with Crippen LogP contribution in [0.5, 0.6) is 0 Å². The number of sulfonamides is 1.